The molecule has 24 heavy (non-hydrogen) atoms. The average molecular weight is 362 g/mol. The molecule has 3 aromatic rings. The molecule has 0 atom stereocenters. The second-order valence-corrected chi connectivity index (χ2v) is 6.94. The maximum atomic E-state index is 12.3. The molecule has 0 bridgehead atoms. The van der Waals surface area contributed by atoms with E-state index in [1.165, 1.54) is 17.6 Å². The number of hydrogen-bond donors (Lipinski definition) is 1. The maximum absolute atomic E-state index is 12.3. The summed E-state index contributed by atoms with van der Waals surface area (Å²) >= 11 is 7.66. The van der Waals surface area contributed by atoms with Gasteiger partial charge in [0.1, 0.15) is 10.6 Å². The number of nitrogens with zero attached hydrogens (tertiary/aromatic N) is 2. The molecule has 0 aliphatic heterocycles. The lowest BCUT2D eigenvalue weighted by atomic mass is 10.2. The quantitative estimate of drug-likeness (QED) is 0.557. The van der Waals surface area contributed by atoms with E-state index in [0.29, 0.717) is 21.5 Å². The molecule has 0 unspecified atom stereocenters. The Bertz CT molecular complexity index is 927. The minimum atomic E-state index is -0.338. The van der Waals surface area contributed by atoms with Gasteiger partial charge in [0.15, 0.2) is 5.88 Å². The summed E-state index contributed by atoms with van der Waals surface area (Å²) < 4.78 is 6.50. The first-order chi connectivity index (χ1) is 11.5. The summed E-state index contributed by atoms with van der Waals surface area (Å²) in [4.78, 5) is 14.6. The molecule has 124 valence electrons. The lowest BCUT2D eigenvalue weighted by molar-refractivity contribution is 0.0959. The van der Waals surface area contributed by atoms with E-state index in [2.05, 4.69) is 10.5 Å². The van der Waals surface area contributed by atoms with E-state index in [1.54, 1.807) is 6.07 Å². The number of thiophene rings is 1. The molecule has 0 saturated heterocycles. The van der Waals surface area contributed by atoms with Crippen LogP contribution in [0.15, 0.2) is 39.9 Å². The van der Waals surface area contributed by atoms with Crippen LogP contribution in [-0.2, 0) is 0 Å². The highest BCUT2D eigenvalue weighted by molar-refractivity contribution is 7.21. The fraction of sp³-hybridized carbons (Fsp3) is 0.176. The first kappa shape index (κ1) is 16.5. The van der Waals surface area contributed by atoms with Crippen molar-refractivity contribution >= 4 is 51.0 Å². The molecule has 0 radical (unpaired) electrons. The number of carbonyl (C=O) groups is 1. The monoisotopic (exact) mass is 361 g/mol. The highest BCUT2D eigenvalue weighted by Crippen LogP contribution is 2.35. The summed E-state index contributed by atoms with van der Waals surface area (Å²) in [5, 5.41) is 5.26. The third-order valence-electron chi connectivity index (χ3n) is 3.40. The molecule has 1 amide bonds. The standard InChI is InChI=1S/C17H16ClN3O2S/c1-10-4-6-12-13(8-10)24-16(15(12)18)17(22)20-19-9-11-5-7-14(23-11)21(2)3/h4-9H,1-3H3,(H,20,22)/b19-9-. The summed E-state index contributed by atoms with van der Waals surface area (Å²) in [5.74, 6) is 0.928. The smallest absolute Gasteiger partial charge is 0.283 e. The van der Waals surface area contributed by atoms with Gasteiger partial charge in [0, 0.05) is 30.2 Å². The first-order valence-electron chi connectivity index (χ1n) is 7.25. The summed E-state index contributed by atoms with van der Waals surface area (Å²) in [7, 11) is 3.76. The van der Waals surface area contributed by atoms with E-state index in [4.69, 9.17) is 16.0 Å². The molecule has 0 saturated carbocycles. The predicted molar refractivity (Wildman–Crippen MR) is 99.7 cm³/mol. The lowest BCUT2D eigenvalue weighted by Crippen LogP contribution is -2.16. The van der Waals surface area contributed by atoms with Crippen molar-refractivity contribution in [2.45, 2.75) is 6.92 Å². The van der Waals surface area contributed by atoms with Crippen molar-refractivity contribution in [1.82, 2.24) is 5.43 Å². The second-order valence-electron chi connectivity index (χ2n) is 5.51. The Labute approximate surface area is 148 Å². The van der Waals surface area contributed by atoms with Crippen molar-refractivity contribution in [3.05, 3.63) is 51.6 Å². The molecule has 0 aliphatic rings. The normalized spacial score (nSPS) is 11.3. The van der Waals surface area contributed by atoms with Crippen LogP contribution in [-0.4, -0.2) is 26.2 Å². The molecule has 5 nitrogen and oxygen atoms in total. The number of aryl methyl sites for hydroxylation is 1. The van der Waals surface area contributed by atoms with E-state index < -0.39 is 0 Å². The van der Waals surface area contributed by atoms with Gasteiger partial charge in [-0.25, -0.2) is 5.43 Å². The third-order valence-corrected chi connectivity index (χ3v) is 5.06. The Morgan fingerprint density at radius 3 is 2.83 bits per heavy atom. The van der Waals surface area contributed by atoms with Gasteiger partial charge in [-0.3, -0.25) is 4.79 Å². The number of furan rings is 1. The van der Waals surface area contributed by atoms with Gasteiger partial charge in [-0.1, -0.05) is 23.7 Å². The highest BCUT2D eigenvalue weighted by atomic mass is 35.5. The molecule has 3 rings (SSSR count). The molecular weight excluding hydrogens is 346 g/mol. The number of benzene rings is 1. The van der Waals surface area contributed by atoms with Gasteiger partial charge in [-0.05, 0) is 24.6 Å². The largest absolute Gasteiger partial charge is 0.440 e. The number of carbonyl (C=O) groups excluding carboxylic acids is 1. The lowest BCUT2D eigenvalue weighted by Gasteiger charge is -2.05. The van der Waals surface area contributed by atoms with Crippen LogP contribution < -0.4 is 10.3 Å². The van der Waals surface area contributed by atoms with Gasteiger partial charge < -0.3 is 9.32 Å². The summed E-state index contributed by atoms with van der Waals surface area (Å²) in [6.07, 6.45) is 1.45. The van der Waals surface area contributed by atoms with Gasteiger partial charge in [0.05, 0.1) is 11.2 Å². The number of rotatable bonds is 4. The van der Waals surface area contributed by atoms with Crippen LogP contribution in [0.2, 0.25) is 5.02 Å². The molecular formula is C17H16ClN3O2S. The van der Waals surface area contributed by atoms with E-state index in [-0.39, 0.29) is 5.91 Å². The number of nitrogens with one attached hydrogen (secondary N) is 1. The maximum Gasteiger partial charge on any atom is 0.283 e. The summed E-state index contributed by atoms with van der Waals surface area (Å²) in [5.41, 5.74) is 3.61. The summed E-state index contributed by atoms with van der Waals surface area (Å²) in [6.45, 7) is 2.00. The van der Waals surface area contributed by atoms with Crippen molar-refractivity contribution in [3.63, 3.8) is 0 Å². The van der Waals surface area contributed by atoms with Crippen LogP contribution in [0.5, 0.6) is 0 Å². The first-order valence-corrected chi connectivity index (χ1v) is 8.44. The number of anilines is 1. The predicted octanol–water partition coefficient (Wildman–Crippen LogP) is 4.29. The number of hydrazone groups is 1. The Morgan fingerprint density at radius 2 is 2.12 bits per heavy atom. The zero-order valence-corrected chi connectivity index (χ0v) is 15.0. The van der Waals surface area contributed by atoms with Crippen LogP contribution >= 0.6 is 22.9 Å². The van der Waals surface area contributed by atoms with Gasteiger partial charge >= 0.3 is 0 Å². The Hall–Kier alpha value is -2.31. The van der Waals surface area contributed by atoms with Crippen molar-refractivity contribution in [2.24, 2.45) is 5.10 Å². The van der Waals surface area contributed by atoms with E-state index in [0.717, 1.165) is 15.6 Å². The minimum absolute atomic E-state index is 0.338. The van der Waals surface area contributed by atoms with Crippen molar-refractivity contribution < 1.29 is 9.21 Å². The molecule has 2 aromatic heterocycles. The van der Waals surface area contributed by atoms with E-state index in [9.17, 15) is 4.79 Å². The third kappa shape index (κ3) is 3.29. The molecule has 2 heterocycles. The van der Waals surface area contributed by atoms with Crippen LogP contribution in [0.4, 0.5) is 5.88 Å². The van der Waals surface area contributed by atoms with Crippen LogP contribution in [0.25, 0.3) is 10.1 Å². The minimum Gasteiger partial charge on any atom is -0.440 e. The van der Waals surface area contributed by atoms with Crippen molar-refractivity contribution in [3.8, 4) is 0 Å². The molecule has 1 N–H and O–H groups in total. The Morgan fingerprint density at radius 1 is 1.33 bits per heavy atom. The van der Waals surface area contributed by atoms with Crippen molar-refractivity contribution in [2.75, 3.05) is 19.0 Å². The Kier molecular flexibility index (Phi) is 4.59. The number of fused-ring (bicyclic) bond motifs is 1. The zero-order chi connectivity index (χ0) is 17.3. The molecule has 1 aromatic carbocycles. The van der Waals surface area contributed by atoms with Gasteiger partial charge in [-0.15, -0.1) is 11.3 Å². The second kappa shape index (κ2) is 6.67. The zero-order valence-electron chi connectivity index (χ0n) is 13.5. The van der Waals surface area contributed by atoms with E-state index in [1.807, 2.05) is 50.2 Å². The van der Waals surface area contributed by atoms with E-state index >= 15 is 0 Å². The highest BCUT2D eigenvalue weighted by Gasteiger charge is 2.16. The SMILES string of the molecule is Cc1ccc2c(Cl)c(C(=O)N/N=C\c3ccc(N(C)C)o3)sc2c1. The fourth-order valence-corrected chi connectivity index (χ4v) is 3.68. The van der Waals surface area contributed by atoms with Crippen LogP contribution in [0, 0.1) is 6.92 Å². The molecule has 0 spiro atoms. The van der Waals surface area contributed by atoms with Gasteiger partial charge in [0.25, 0.3) is 5.91 Å². The average Bonchev–Trinajstić information content (AvgIpc) is 3.12. The number of amides is 1. The summed E-state index contributed by atoms with van der Waals surface area (Å²) in [6, 6.07) is 9.52. The van der Waals surface area contributed by atoms with Crippen LogP contribution in [0.3, 0.4) is 0 Å². The number of halogens is 1. The van der Waals surface area contributed by atoms with Gasteiger partial charge in [0.2, 0.25) is 0 Å². The van der Waals surface area contributed by atoms with Gasteiger partial charge in [-0.2, -0.15) is 5.10 Å². The molecule has 7 heteroatoms. The number of hydrogen-bond acceptors (Lipinski definition) is 5. The molecule has 0 fully saturated rings. The fourth-order valence-electron chi connectivity index (χ4n) is 2.18. The molecule has 0 aliphatic carbocycles. The Balaban J connectivity index is 1.75. The topological polar surface area (TPSA) is 57.8 Å². The van der Waals surface area contributed by atoms with Crippen molar-refractivity contribution in [1.29, 1.82) is 0 Å². The van der Waals surface area contributed by atoms with Crippen LogP contribution in [0.1, 0.15) is 21.0 Å².